The Morgan fingerprint density at radius 1 is 1.53 bits per heavy atom. The summed E-state index contributed by atoms with van der Waals surface area (Å²) in [4.78, 5) is 4.34. The minimum atomic E-state index is -0.429. The van der Waals surface area contributed by atoms with Gasteiger partial charge in [0.2, 0.25) is 0 Å². The minimum Gasteiger partial charge on any atom is -0.384 e. The van der Waals surface area contributed by atoms with Gasteiger partial charge in [-0.3, -0.25) is 0 Å². The van der Waals surface area contributed by atoms with Crippen molar-refractivity contribution >= 4 is 11.3 Å². The van der Waals surface area contributed by atoms with Gasteiger partial charge in [-0.05, 0) is 26.3 Å². The molecule has 2 unspecified atom stereocenters. The van der Waals surface area contributed by atoms with Crippen molar-refractivity contribution < 1.29 is 5.11 Å². The van der Waals surface area contributed by atoms with Gasteiger partial charge in [0.15, 0.2) is 0 Å². The Bertz CT molecular complexity index is 305. The lowest BCUT2D eigenvalue weighted by atomic mass is 10.1. The summed E-state index contributed by atoms with van der Waals surface area (Å²) in [6.45, 7) is 2.99. The number of nitrogens with zero attached hydrogens (tertiary/aromatic N) is 1. The highest BCUT2D eigenvalue weighted by Gasteiger charge is 2.23. The van der Waals surface area contributed by atoms with Crippen LogP contribution in [0.1, 0.15) is 42.5 Å². The summed E-state index contributed by atoms with van der Waals surface area (Å²) in [5.74, 6) is 0. The van der Waals surface area contributed by atoms with Gasteiger partial charge in [0, 0.05) is 17.1 Å². The van der Waals surface area contributed by atoms with E-state index < -0.39 is 6.10 Å². The van der Waals surface area contributed by atoms with Crippen LogP contribution in [0.15, 0.2) is 5.38 Å². The van der Waals surface area contributed by atoms with Crippen LogP contribution in [0.3, 0.4) is 0 Å². The van der Waals surface area contributed by atoms with Crippen LogP contribution in [0, 0.1) is 6.92 Å². The molecule has 1 fully saturated rings. The second-order valence-electron chi connectivity index (χ2n) is 4.18. The molecule has 0 amide bonds. The van der Waals surface area contributed by atoms with Crippen molar-refractivity contribution in [3.05, 3.63) is 16.1 Å². The van der Waals surface area contributed by atoms with Crippen molar-refractivity contribution in [2.24, 2.45) is 0 Å². The van der Waals surface area contributed by atoms with E-state index in [0.717, 1.165) is 23.7 Å². The maximum atomic E-state index is 10.2. The summed E-state index contributed by atoms with van der Waals surface area (Å²) < 4.78 is 0. The Labute approximate surface area is 94.5 Å². The molecule has 1 aliphatic heterocycles. The third kappa shape index (κ3) is 2.77. The van der Waals surface area contributed by atoms with Gasteiger partial charge in [0.25, 0.3) is 0 Å². The molecule has 1 aromatic rings. The fourth-order valence-corrected chi connectivity index (χ4v) is 2.85. The third-order valence-electron chi connectivity index (χ3n) is 2.87. The fraction of sp³-hybridized carbons (Fsp3) is 0.727. The van der Waals surface area contributed by atoms with E-state index in [4.69, 9.17) is 0 Å². The maximum absolute atomic E-state index is 10.2. The zero-order valence-electron chi connectivity index (χ0n) is 9.07. The number of nitrogens with one attached hydrogen (secondary N) is 1. The molecule has 1 saturated heterocycles. The van der Waals surface area contributed by atoms with Gasteiger partial charge >= 0.3 is 0 Å². The van der Waals surface area contributed by atoms with Crippen LogP contribution in [-0.4, -0.2) is 22.7 Å². The first-order valence-corrected chi connectivity index (χ1v) is 6.49. The Hall–Kier alpha value is -0.450. The lowest BCUT2D eigenvalue weighted by Gasteiger charge is -2.20. The van der Waals surface area contributed by atoms with Gasteiger partial charge in [-0.2, -0.15) is 0 Å². The molecule has 4 heteroatoms. The van der Waals surface area contributed by atoms with Gasteiger partial charge in [-0.15, -0.1) is 11.3 Å². The molecule has 2 atom stereocenters. The van der Waals surface area contributed by atoms with E-state index >= 15 is 0 Å². The van der Waals surface area contributed by atoms with Crippen LogP contribution in [0.4, 0.5) is 0 Å². The molecule has 0 radical (unpaired) electrons. The Balaban J connectivity index is 2.02. The van der Waals surface area contributed by atoms with E-state index in [1.165, 1.54) is 19.3 Å². The Morgan fingerprint density at radius 2 is 2.40 bits per heavy atom. The summed E-state index contributed by atoms with van der Waals surface area (Å²) in [7, 11) is 0. The first kappa shape index (κ1) is 11.0. The van der Waals surface area contributed by atoms with Crippen LogP contribution in [0.25, 0.3) is 0 Å². The second kappa shape index (κ2) is 5.05. The lowest BCUT2D eigenvalue weighted by molar-refractivity contribution is 0.126. The van der Waals surface area contributed by atoms with Gasteiger partial charge in [0.1, 0.15) is 11.1 Å². The topological polar surface area (TPSA) is 45.1 Å². The third-order valence-corrected chi connectivity index (χ3v) is 3.90. The zero-order chi connectivity index (χ0) is 10.7. The molecule has 1 aliphatic rings. The monoisotopic (exact) mass is 226 g/mol. The number of aromatic nitrogens is 1. The van der Waals surface area contributed by atoms with E-state index in [-0.39, 0.29) is 6.04 Å². The smallest absolute Gasteiger partial charge is 0.123 e. The largest absolute Gasteiger partial charge is 0.384 e. The Kier molecular flexibility index (Phi) is 3.72. The van der Waals surface area contributed by atoms with Crippen LogP contribution in [0.2, 0.25) is 0 Å². The van der Waals surface area contributed by atoms with Crippen molar-refractivity contribution in [1.29, 1.82) is 0 Å². The summed E-state index contributed by atoms with van der Waals surface area (Å²) in [6, 6.07) is 0.193. The summed E-state index contributed by atoms with van der Waals surface area (Å²) in [6.07, 6.45) is 4.33. The molecular formula is C11H18N2OS. The molecule has 2 N–H and O–H groups in total. The highest BCUT2D eigenvalue weighted by molar-refractivity contribution is 7.09. The molecule has 0 aliphatic carbocycles. The number of aryl methyl sites for hydroxylation is 1. The molecule has 0 saturated carbocycles. The van der Waals surface area contributed by atoms with Crippen molar-refractivity contribution in [3.63, 3.8) is 0 Å². The minimum absolute atomic E-state index is 0.193. The number of hydrogen-bond acceptors (Lipinski definition) is 4. The number of aliphatic hydroxyl groups is 1. The summed E-state index contributed by atoms with van der Waals surface area (Å²) in [5, 5.41) is 16.4. The molecule has 3 nitrogen and oxygen atoms in total. The highest BCUT2D eigenvalue weighted by atomic mass is 32.1. The van der Waals surface area contributed by atoms with Gasteiger partial charge < -0.3 is 10.4 Å². The SMILES string of the molecule is Cc1csc(C(O)C2CCCCCN2)n1. The van der Waals surface area contributed by atoms with Gasteiger partial charge in [-0.1, -0.05) is 12.8 Å². The number of thiazole rings is 1. The maximum Gasteiger partial charge on any atom is 0.123 e. The van der Waals surface area contributed by atoms with Gasteiger partial charge in [-0.25, -0.2) is 4.98 Å². The average molecular weight is 226 g/mol. The van der Waals surface area contributed by atoms with Crippen LogP contribution < -0.4 is 5.32 Å². The predicted molar refractivity (Wildman–Crippen MR) is 62.1 cm³/mol. The van der Waals surface area contributed by atoms with Crippen LogP contribution in [0.5, 0.6) is 0 Å². The molecule has 84 valence electrons. The molecule has 2 heterocycles. The summed E-state index contributed by atoms with van der Waals surface area (Å²) in [5.41, 5.74) is 1.00. The van der Waals surface area contributed by atoms with Crippen molar-refractivity contribution in [2.75, 3.05) is 6.54 Å². The molecule has 0 spiro atoms. The second-order valence-corrected chi connectivity index (χ2v) is 5.07. The van der Waals surface area contributed by atoms with Crippen LogP contribution >= 0.6 is 11.3 Å². The standard InChI is InChI=1S/C11H18N2OS/c1-8-7-15-11(13-8)10(14)9-5-3-2-4-6-12-9/h7,9-10,12,14H,2-6H2,1H3. The van der Waals surface area contributed by atoms with Crippen molar-refractivity contribution in [3.8, 4) is 0 Å². The highest BCUT2D eigenvalue weighted by Crippen LogP contribution is 2.25. The molecule has 2 rings (SSSR count). The molecular weight excluding hydrogens is 208 g/mol. The number of aliphatic hydroxyl groups excluding tert-OH is 1. The zero-order valence-corrected chi connectivity index (χ0v) is 9.89. The van der Waals surface area contributed by atoms with E-state index in [1.54, 1.807) is 11.3 Å². The van der Waals surface area contributed by atoms with E-state index in [2.05, 4.69) is 10.3 Å². The lowest BCUT2D eigenvalue weighted by Crippen LogP contribution is -2.34. The first-order chi connectivity index (χ1) is 7.27. The quantitative estimate of drug-likeness (QED) is 0.811. The van der Waals surface area contributed by atoms with Crippen molar-refractivity contribution in [2.45, 2.75) is 44.8 Å². The Morgan fingerprint density at radius 3 is 3.13 bits per heavy atom. The molecule has 0 aromatic carbocycles. The number of hydrogen-bond donors (Lipinski definition) is 2. The fourth-order valence-electron chi connectivity index (χ4n) is 2.01. The first-order valence-electron chi connectivity index (χ1n) is 5.61. The van der Waals surface area contributed by atoms with E-state index in [0.29, 0.717) is 0 Å². The normalized spacial score (nSPS) is 24.8. The molecule has 15 heavy (non-hydrogen) atoms. The molecule has 0 bridgehead atoms. The van der Waals surface area contributed by atoms with Gasteiger partial charge in [0.05, 0.1) is 0 Å². The van der Waals surface area contributed by atoms with E-state index in [1.807, 2.05) is 12.3 Å². The molecule has 1 aromatic heterocycles. The van der Waals surface area contributed by atoms with E-state index in [9.17, 15) is 5.11 Å². The summed E-state index contributed by atoms with van der Waals surface area (Å²) >= 11 is 1.56. The average Bonchev–Trinajstić information content (AvgIpc) is 2.53. The van der Waals surface area contributed by atoms with Crippen molar-refractivity contribution in [1.82, 2.24) is 10.3 Å². The number of rotatable bonds is 2. The predicted octanol–water partition coefficient (Wildman–Crippen LogP) is 2.02. The van der Waals surface area contributed by atoms with Crippen LogP contribution in [-0.2, 0) is 0 Å².